The number of pyridine rings is 1. The smallest absolute Gasteiger partial charge is 0.270 e. The van der Waals surface area contributed by atoms with Gasteiger partial charge in [-0.05, 0) is 30.4 Å². The normalized spacial score (nSPS) is 9.88. The number of carbonyl (C=O) groups is 1. The van der Waals surface area contributed by atoms with Crippen molar-refractivity contribution < 1.29 is 4.79 Å². The second-order valence-electron chi connectivity index (χ2n) is 3.32. The fourth-order valence-electron chi connectivity index (χ4n) is 1.49. The molecule has 1 amide bonds. The Kier molecular flexibility index (Phi) is 3.15. The third-order valence-corrected chi connectivity index (χ3v) is 2.29. The summed E-state index contributed by atoms with van der Waals surface area (Å²) in [6.45, 7) is 0. The summed E-state index contributed by atoms with van der Waals surface area (Å²) in [5, 5.41) is 0.786. The predicted octanol–water partition coefficient (Wildman–Crippen LogP) is 0.713. The summed E-state index contributed by atoms with van der Waals surface area (Å²) in [7, 11) is 0. The Labute approximate surface area is 103 Å². The molecule has 1 aromatic carbocycles. The van der Waals surface area contributed by atoms with E-state index in [1.54, 1.807) is 24.4 Å². The standard InChI is InChI=1S/C11H10N4OS/c12-11(17)15-14-10(16)8-3-1-5-9-7(8)4-2-6-13-9/h1-6H,(H,14,16)(H3,12,15,17). The van der Waals surface area contributed by atoms with Crippen molar-refractivity contribution in [2.75, 3.05) is 0 Å². The Balaban J connectivity index is 2.35. The number of nitrogens with zero attached hydrogens (tertiary/aromatic N) is 1. The Morgan fingerprint density at radius 2 is 2.06 bits per heavy atom. The van der Waals surface area contributed by atoms with Gasteiger partial charge in [0, 0.05) is 11.6 Å². The maximum Gasteiger partial charge on any atom is 0.270 e. The zero-order valence-electron chi connectivity index (χ0n) is 8.81. The van der Waals surface area contributed by atoms with Gasteiger partial charge in [0.25, 0.3) is 5.91 Å². The van der Waals surface area contributed by atoms with E-state index in [-0.39, 0.29) is 11.0 Å². The lowest BCUT2D eigenvalue weighted by Crippen LogP contribution is -2.44. The van der Waals surface area contributed by atoms with E-state index in [2.05, 4.69) is 28.1 Å². The number of rotatable bonds is 1. The van der Waals surface area contributed by atoms with Crippen molar-refractivity contribution in [3.8, 4) is 0 Å². The van der Waals surface area contributed by atoms with Gasteiger partial charge in [-0.3, -0.25) is 20.6 Å². The van der Waals surface area contributed by atoms with Crippen LogP contribution in [0, 0.1) is 0 Å². The summed E-state index contributed by atoms with van der Waals surface area (Å²) >= 11 is 4.60. The highest BCUT2D eigenvalue weighted by Crippen LogP contribution is 2.15. The molecule has 17 heavy (non-hydrogen) atoms. The zero-order valence-corrected chi connectivity index (χ0v) is 9.62. The molecule has 86 valence electrons. The maximum atomic E-state index is 11.8. The molecule has 0 bridgehead atoms. The van der Waals surface area contributed by atoms with E-state index in [1.165, 1.54) is 0 Å². The van der Waals surface area contributed by atoms with E-state index in [0.717, 1.165) is 10.9 Å². The molecule has 2 aromatic rings. The average Bonchev–Trinajstić information content (AvgIpc) is 2.35. The van der Waals surface area contributed by atoms with Crippen molar-refractivity contribution in [2.45, 2.75) is 0 Å². The monoisotopic (exact) mass is 246 g/mol. The van der Waals surface area contributed by atoms with Crippen LogP contribution in [0.3, 0.4) is 0 Å². The molecule has 1 heterocycles. The lowest BCUT2D eigenvalue weighted by Gasteiger charge is -2.08. The van der Waals surface area contributed by atoms with Crippen LogP contribution in [0.25, 0.3) is 10.9 Å². The predicted molar refractivity (Wildman–Crippen MR) is 69.1 cm³/mol. The summed E-state index contributed by atoms with van der Waals surface area (Å²) in [5.74, 6) is -0.309. The van der Waals surface area contributed by atoms with Gasteiger partial charge in [-0.25, -0.2) is 0 Å². The molecule has 0 radical (unpaired) electrons. The number of amides is 1. The third kappa shape index (κ3) is 2.48. The van der Waals surface area contributed by atoms with Gasteiger partial charge in [-0.1, -0.05) is 12.1 Å². The second kappa shape index (κ2) is 4.75. The van der Waals surface area contributed by atoms with Gasteiger partial charge in [0.05, 0.1) is 11.1 Å². The Morgan fingerprint density at radius 1 is 1.24 bits per heavy atom. The van der Waals surface area contributed by atoms with Gasteiger partial charge in [0.15, 0.2) is 5.11 Å². The highest BCUT2D eigenvalue weighted by Gasteiger charge is 2.09. The Bertz CT molecular complexity index is 579. The van der Waals surface area contributed by atoms with Crippen molar-refractivity contribution in [3.63, 3.8) is 0 Å². The first kappa shape index (κ1) is 11.3. The van der Waals surface area contributed by atoms with Crippen LogP contribution < -0.4 is 16.6 Å². The molecule has 2 rings (SSSR count). The third-order valence-electron chi connectivity index (χ3n) is 2.19. The van der Waals surface area contributed by atoms with E-state index in [1.807, 2.05) is 12.1 Å². The van der Waals surface area contributed by atoms with Crippen LogP contribution in [-0.2, 0) is 0 Å². The minimum atomic E-state index is -0.309. The van der Waals surface area contributed by atoms with Gasteiger partial charge in [0.1, 0.15) is 0 Å². The summed E-state index contributed by atoms with van der Waals surface area (Å²) in [4.78, 5) is 16.0. The van der Waals surface area contributed by atoms with Crippen molar-refractivity contribution in [3.05, 3.63) is 42.1 Å². The van der Waals surface area contributed by atoms with Gasteiger partial charge in [-0.15, -0.1) is 0 Å². The highest BCUT2D eigenvalue weighted by atomic mass is 32.1. The van der Waals surface area contributed by atoms with E-state index in [9.17, 15) is 4.79 Å². The molecule has 0 aliphatic carbocycles. The number of fused-ring (bicyclic) bond motifs is 1. The number of aromatic nitrogens is 1. The topological polar surface area (TPSA) is 80.0 Å². The number of thiocarbonyl (C=S) groups is 1. The number of hydrogen-bond donors (Lipinski definition) is 3. The van der Waals surface area contributed by atoms with E-state index >= 15 is 0 Å². The van der Waals surface area contributed by atoms with Crippen LogP contribution in [0.2, 0.25) is 0 Å². The maximum absolute atomic E-state index is 11.8. The Hall–Kier alpha value is -2.21. The van der Waals surface area contributed by atoms with Crippen molar-refractivity contribution >= 4 is 34.1 Å². The first-order valence-electron chi connectivity index (χ1n) is 4.88. The van der Waals surface area contributed by atoms with E-state index < -0.39 is 0 Å². The fourth-order valence-corrected chi connectivity index (χ4v) is 1.54. The number of benzene rings is 1. The minimum Gasteiger partial charge on any atom is -0.375 e. The summed E-state index contributed by atoms with van der Waals surface area (Å²) in [6.07, 6.45) is 1.68. The van der Waals surface area contributed by atoms with Crippen LogP contribution in [0.1, 0.15) is 10.4 Å². The van der Waals surface area contributed by atoms with E-state index in [0.29, 0.717) is 5.56 Å². The minimum absolute atomic E-state index is 0.0108. The molecule has 6 heteroatoms. The number of carbonyl (C=O) groups excluding carboxylic acids is 1. The largest absolute Gasteiger partial charge is 0.375 e. The molecular weight excluding hydrogens is 236 g/mol. The Morgan fingerprint density at radius 3 is 2.82 bits per heavy atom. The molecule has 0 fully saturated rings. The van der Waals surface area contributed by atoms with Gasteiger partial charge in [0.2, 0.25) is 0 Å². The van der Waals surface area contributed by atoms with Crippen molar-refractivity contribution in [2.24, 2.45) is 5.73 Å². The first-order valence-corrected chi connectivity index (χ1v) is 5.29. The highest BCUT2D eigenvalue weighted by molar-refractivity contribution is 7.80. The lowest BCUT2D eigenvalue weighted by molar-refractivity contribution is 0.0945. The molecule has 0 saturated carbocycles. The fraction of sp³-hybridized carbons (Fsp3) is 0. The summed E-state index contributed by atoms with van der Waals surface area (Å²) in [6, 6.07) is 8.93. The van der Waals surface area contributed by atoms with Crippen molar-refractivity contribution in [1.82, 2.24) is 15.8 Å². The van der Waals surface area contributed by atoms with Gasteiger partial charge < -0.3 is 5.73 Å². The van der Waals surface area contributed by atoms with E-state index in [4.69, 9.17) is 5.73 Å². The van der Waals surface area contributed by atoms with Gasteiger partial charge >= 0.3 is 0 Å². The molecule has 0 aliphatic rings. The average molecular weight is 246 g/mol. The number of nitrogens with one attached hydrogen (secondary N) is 2. The van der Waals surface area contributed by atoms with Crippen LogP contribution in [-0.4, -0.2) is 16.0 Å². The van der Waals surface area contributed by atoms with Crippen LogP contribution >= 0.6 is 12.2 Å². The lowest BCUT2D eigenvalue weighted by atomic mass is 10.1. The van der Waals surface area contributed by atoms with Crippen LogP contribution in [0.4, 0.5) is 0 Å². The number of hydrogen-bond acceptors (Lipinski definition) is 3. The molecule has 0 saturated heterocycles. The second-order valence-corrected chi connectivity index (χ2v) is 3.76. The quantitative estimate of drug-likeness (QED) is 0.510. The number of nitrogens with two attached hydrogens (primary N) is 1. The summed E-state index contributed by atoms with van der Waals surface area (Å²) < 4.78 is 0. The molecule has 5 nitrogen and oxygen atoms in total. The zero-order chi connectivity index (χ0) is 12.3. The van der Waals surface area contributed by atoms with Crippen LogP contribution in [0.15, 0.2) is 36.5 Å². The molecule has 0 unspecified atom stereocenters. The molecule has 0 atom stereocenters. The van der Waals surface area contributed by atoms with Crippen molar-refractivity contribution in [1.29, 1.82) is 0 Å². The molecule has 0 spiro atoms. The summed E-state index contributed by atoms with van der Waals surface area (Å²) in [5.41, 5.74) is 11.3. The molecule has 0 aliphatic heterocycles. The number of hydrazine groups is 1. The van der Waals surface area contributed by atoms with Crippen LogP contribution in [0.5, 0.6) is 0 Å². The molecule has 4 N–H and O–H groups in total. The molecular formula is C11H10N4OS. The SMILES string of the molecule is NC(=S)NNC(=O)c1cccc2ncccc12. The molecule has 1 aromatic heterocycles. The first-order chi connectivity index (χ1) is 8.18. The van der Waals surface area contributed by atoms with Gasteiger partial charge in [-0.2, -0.15) is 0 Å².